The summed E-state index contributed by atoms with van der Waals surface area (Å²) in [7, 11) is 3.88. The lowest BCUT2D eigenvalue weighted by Gasteiger charge is -2.18. The molecule has 1 fully saturated rings. The van der Waals surface area contributed by atoms with E-state index in [0.29, 0.717) is 12.0 Å². The molecule has 0 amide bonds. The van der Waals surface area contributed by atoms with Crippen molar-refractivity contribution in [3.05, 3.63) is 18.3 Å². The Morgan fingerprint density at radius 3 is 2.90 bits per heavy atom. The van der Waals surface area contributed by atoms with E-state index in [4.69, 9.17) is 5.73 Å². The minimum atomic E-state index is 0.298. The van der Waals surface area contributed by atoms with Gasteiger partial charge in [-0.2, -0.15) is 10.1 Å². The number of hydrogen-bond donors (Lipinski definition) is 2. The Balaban J connectivity index is 1.93. The van der Waals surface area contributed by atoms with Crippen LogP contribution < -0.4 is 16.0 Å². The molecule has 1 aliphatic heterocycles. The van der Waals surface area contributed by atoms with Crippen molar-refractivity contribution in [1.29, 1.82) is 0 Å². The highest BCUT2D eigenvalue weighted by molar-refractivity contribution is 5.61. The summed E-state index contributed by atoms with van der Waals surface area (Å²) in [6.45, 7) is 1.92. The predicted octanol–water partition coefficient (Wildman–Crippen LogP) is 0.257. The van der Waals surface area contributed by atoms with Crippen LogP contribution in [-0.2, 0) is 7.05 Å². The average molecular weight is 273 g/mol. The Morgan fingerprint density at radius 1 is 1.40 bits per heavy atom. The highest BCUT2D eigenvalue weighted by Gasteiger charge is 2.23. The van der Waals surface area contributed by atoms with Crippen molar-refractivity contribution in [2.75, 3.05) is 30.8 Å². The fourth-order valence-electron chi connectivity index (χ4n) is 2.57. The van der Waals surface area contributed by atoms with Gasteiger partial charge in [0.15, 0.2) is 0 Å². The summed E-state index contributed by atoms with van der Waals surface area (Å²) < 4.78 is 1.78. The standard InChI is InChI=1S/C13H19N7/c1-15-9-4-6-20(8-9)12-7-10(17-13(14)18-12)11-3-5-16-19(11)2/h3,5,7,9,15H,4,6,8H2,1-2H3,(H2,14,17,18)/t9-/m1/s1. The molecule has 1 saturated heterocycles. The van der Waals surface area contributed by atoms with E-state index in [0.717, 1.165) is 36.7 Å². The molecule has 0 spiro atoms. The summed E-state index contributed by atoms with van der Waals surface area (Å²) in [5, 5.41) is 7.47. The van der Waals surface area contributed by atoms with Gasteiger partial charge in [0.1, 0.15) is 5.82 Å². The quantitative estimate of drug-likeness (QED) is 0.834. The van der Waals surface area contributed by atoms with E-state index in [1.54, 1.807) is 10.9 Å². The number of nitrogens with zero attached hydrogens (tertiary/aromatic N) is 5. The second-order valence-electron chi connectivity index (χ2n) is 5.03. The van der Waals surface area contributed by atoms with E-state index >= 15 is 0 Å². The summed E-state index contributed by atoms with van der Waals surface area (Å²) in [4.78, 5) is 10.9. The molecule has 0 aromatic carbocycles. The third-order valence-electron chi connectivity index (χ3n) is 3.73. The molecule has 7 heteroatoms. The number of nitrogens with two attached hydrogens (primary N) is 1. The smallest absolute Gasteiger partial charge is 0.222 e. The predicted molar refractivity (Wildman–Crippen MR) is 78.3 cm³/mol. The van der Waals surface area contributed by atoms with Gasteiger partial charge in [0.2, 0.25) is 5.95 Å². The molecule has 1 aliphatic rings. The fraction of sp³-hybridized carbons (Fsp3) is 0.462. The van der Waals surface area contributed by atoms with Crippen molar-refractivity contribution in [2.45, 2.75) is 12.5 Å². The Hall–Kier alpha value is -2.15. The van der Waals surface area contributed by atoms with Crippen molar-refractivity contribution in [2.24, 2.45) is 7.05 Å². The van der Waals surface area contributed by atoms with E-state index in [1.165, 1.54) is 0 Å². The van der Waals surface area contributed by atoms with Crippen LogP contribution in [0.25, 0.3) is 11.4 Å². The molecule has 2 aromatic rings. The van der Waals surface area contributed by atoms with Crippen LogP contribution in [0.15, 0.2) is 18.3 Å². The first-order chi connectivity index (χ1) is 9.67. The lowest BCUT2D eigenvalue weighted by Crippen LogP contribution is -2.30. The molecule has 0 radical (unpaired) electrons. The third kappa shape index (κ3) is 2.32. The maximum atomic E-state index is 5.86. The van der Waals surface area contributed by atoms with Gasteiger partial charge in [-0.25, -0.2) is 4.98 Å². The van der Waals surface area contributed by atoms with Crippen molar-refractivity contribution in [3.8, 4) is 11.4 Å². The number of aromatic nitrogens is 4. The van der Waals surface area contributed by atoms with Gasteiger partial charge in [-0.1, -0.05) is 0 Å². The largest absolute Gasteiger partial charge is 0.368 e. The zero-order chi connectivity index (χ0) is 14.1. The second kappa shape index (κ2) is 5.09. The van der Waals surface area contributed by atoms with Crippen LogP contribution in [-0.4, -0.2) is 45.9 Å². The number of anilines is 2. The first-order valence-electron chi connectivity index (χ1n) is 6.72. The molecule has 3 N–H and O–H groups in total. The van der Waals surface area contributed by atoms with Gasteiger partial charge in [-0.3, -0.25) is 4.68 Å². The van der Waals surface area contributed by atoms with Crippen molar-refractivity contribution < 1.29 is 0 Å². The van der Waals surface area contributed by atoms with Crippen LogP contribution in [0.2, 0.25) is 0 Å². The Labute approximate surface area is 117 Å². The molecular weight excluding hydrogens is 254 g/mol. The fourth-order valence-corrected chi connectivity index (χ4v) is 2.57. The van der Waals surface area contributed by atoms with E-state index in [1.807, 2.05) is 26.2 Å². The summed E-state index contributed by atoms with van der Waals surface area (Å²) in [6, 6.07) is 4.41. The summed E-state index contributed by atoms with van der Waals surface area (Å²) in [6.07, 6.45) is 2.86. The van der Waals surface area contributed by atoms with Gasteiger partial charge in [-0.05, 0) is 19.5 Å². The molecule has 0 aliphatic carbocycles. The van der Waals surface area contributed by atoms with Crippen LogP contribution in [0, 0.1) is 0 Å². The second-order valence-corrected chi connectivity index (χ2v) is 5.03. The van der Waals surface area contributed by atoms with Crippen LogP contribution in [0.1, 0.15) is 6.42 Å². The van der Waals surface area contributed by atoms with Gasteiger partial charge in [0.05, 0.1) is 11.4 Å². The summed E-state index contributed by atoms with van der Waals surface area (Å²) >= 11 is 0. The Morgan fingerprint density at radius 2 is 2.25 bits per heavy atom. The minimum absolute atomic E-state index is 0.298. The lowest BCUT2D eigenvalue weighted by molar-refractivity contribution is 0.616. The maximum absolute atomic E-state index is 5.86. The molecule has 106 valence electrons. The lowest BCUT2D eigenvalue weighted by atomic mass is 10.3. The maximum Gasteiger partial charge on any atom is 0.222 e. The SMILES string of the molecule is CN[C@@H]1CCN(c2cc(-c3ccnn3C)nc(N)n2)C1. The topological polar surface area (TPSA) is 84.9 Å². The molecule has 3 heterocycles. The molecule has 20 heavy (non-hydrogen) atoms. The van der Waals surface area contributed by atoms with Gasteiger partial charge < -0.3 is 16.0 Å². The van der Waals surface area contributed by atoms with Crippen LogP contribution in [0.5, 0.6) is 0 Å². The van der Waals surface area contributed by atoms with Gasteiger partial charge >= 0.3 is 0 Å². The molecule has 0 unspecified atom stereocenters. The highest BCUT2D eigenvalue weighted by atomic mass is 15.3. The van der Waals surface area contributed by atoms with Gasteiger partial charge in [0, 0.05) is 38.4 Å². The Kier molecular flexibility index (Phi) is 3.27. The highest BCUT2D eigenvalue weighted by Crippen LogP contribution is 2.24. The number of likely N-dealkylation sites (N-methyl/N-ethyl adjacent to an activating group) is 1. The van der Waals surface area contributed by atoms with Crippen LogP contribution >= 0.6 is 0 Å². The monoisotopic (exact) mass is 273 g/mol. The summed E-state index contributed by atoms with van der Waals surface area (Å²) in [5.41, 5.74) is 7.60. The number of rotatable bonds is 3. The molecule has 7 nitrogen and oxygen atoms in total. The molecule has 0 saturated carbocycles. The van der Waals surface area contributed by atoms with E-state index in [-0.39, 0.29) is 0 Å². The zero-order valence-electron chi connectivity index (χ0n) is 11.7. The van der Waals surface area contributed by atoms with E-state index in [9.17, 15) is 0 Å². The number of hydrogen-bond acceptors (Lipinski definition) is 6. The Bertz CT molecular complexity index is 607. The number of nitrogen functional groups attached to an aromatic ring is 1. The average Bonchev–Trinajstić information content (AvgIpc) is 3.06. The third-order valence-corrected chi connectivity index (χ3v) is 3.73. The zero-order valence-corrected chi connectivity index (χ0v) is 11.7. The van der Waals surface area contributed by atoms with Gasteiger partial charge in [-0.15, -0.1) is 0 Å². The molecule has 1 atom stereocenters. The number of nitrogens with one attached hydrogen (secondary N) is 1. The molecule has 2 aromatic heterocycles. The van der Waals surface area contributed by atoms with Crippen molar-refractivity contribution >= 4 is 11.8 Å². The molecular formula is C13H19N7. The molecule has 0 bridgehead atoms. The molecule has 3 rings (SSSR count). The van der Waals surface area contributed by atoms with E-state index in [2.05, 4.69) is 25.3 Å². The van der Waals surface area contributed by atoms with Crippen LogP contribution in [0.4, 0.5) is 11.8 Å². The van der Waals surface area contributed by atoms with Gasteiger partial charge in [0.25, 0.3) is 0 Å². The normalized spacial score (nSPS) is 18.7. The number of aryl methyl sites for hydroxylation is 1. The van der Waals surface area contributed by atoms with E-state index < -0.39 is 0 Å². The first kappa shape index (κ1) is 12.9. The van der Waals surface area contributed by atoms with Crippen LogP contribution in [0.3, 0.4) is 0 Å². The van der Waals surface area contributed by atoms with Crippen molar-refractivity contribution in [1.82, 2.24) is 25.1 Å². The minimum Gasteiger partial charge on any atom is -0.368 e. The van der Waals surface area contributed by atoms with Crippen molar-refractivity contribution in [3.63, 3.8) is 0 Å². The summed E-state index contributed by atoms with van der Waals surface area (Å²) in [5.74, 6) is 1.18. The first-order valence-corrected chi connectivity index (χ1v) is 6.72.